The summed E-state index contributed by atoms with van der Waals surface area (Å²) in [4.78, 5) is 1.10. The van der Waals surface area contributed by atoms with Crippen molar-refractivity contribution in [3.05, 3.63) is 27.5 Å². The lowest BCUT2D eigenvalue weighted by atomic mass is 10.1. The van der Waals surface area contributed by atoms with Crippen LogP contribution in [0, 0.1) is 0 Å². The molecule has 1 unspecified atom stereocenters. The molecule has 1 N–H and O–H groups in total. The number of ether oxygens (including phenoxy) is 1. The predicted octanol–water partition coefficient (Wildman–Crippen LogP) is 2.30. The highest BCUT2D eigenvalue weighted by Gasteiger charge is 2.25. The van der Waals surface area contributed by atoms with E-state index in [1.165, 1.54) is 11.5 Å². The van der Waals surface area contributed by atoms with Crippen LogP contribution in [-0.4, -0.2) is 40.1 Å². The maximum absolute atomic E-state index is 6.34. The van der Waals surface area contributed by atoms with E-state index < -0.39 is 0 Å². The minimum absolute atomic E-state index is 0.0570. The molecule has 0 fully saturated rings. The number of halogens is 1. The fraction of sp³-hybridized carbons (Fsp3) is 0.615. The Morgan fingerprint density at radius 2 is 2.33 bits per heavy atom. The topological polar surface area (TPSA) is 64.9 Å². The standard InChI is InChI=1S/C13H20ClN5OS/c1-4-5-10-13(21-18-17-10)11(15-2)12-9(14)8-16-19(12)6-7-20-3/h8,11,15H,4-7H2,1-3H3. The van der Waals surface area contributed by atoms with Crippen LogP contribution in [0.1, 0.15) is 35.7 Å². The number of nitrogens with zero attached hydrogens (tertiary/aromatic N) is 4. The van der Waals surface area contributed by atoms with Gasteiger partial charge in [0.2, 0.25) is 0 Å². The van der Waals surface area contributed by atoms with E-state index in [4.69, 9.17) is 16.3 Å². The maximum Gasteiger partial charge on any atom is 0.0890 e. The highest BCUT2D eigenvalue weighted by Crippen LogP contribution is 2.31. The quantitative estimate of drug-likeness (QED) is 0.805. The zero-order valence-electron chi connectivity index (χ0n) is 12.5. The predicted molar refractivity (Wildman–Crippen MR) is 83.9 cm³/mol. The summed E-state index contributed by atoms with van der Waals surface area (Å²) in [6, 6.07) is -0.0570. The lowest BCUT2D eigenvalue weighted by Crippen LogP contribution is -2.23. The monoisotopic (exact) mass is 329 g/mol. The lowest BCUT2D eigenvalue weighted by molar-refractivity contribution is 0.182. The van der Waals surface area contributed by atoms with Crippen molar-refractivity contribution in [1.29, 1.82) is 0 Å². The van der Waals surface area contributed by atoms with E-state index in [2.05, 4.69) is 26.9 Å². The summed E-state index contributed by atoms with van der Waals surface area (Å²) in [7, 11) is 3.58. The van der Waals surface area contributed by atoms with Crippen molar-refractivity contribution in [1.82, 2.24) is 24.7 Å². The van der Waals surface area contributed by atoms with Gasteiger partial charge in [-0.25, -0.2) is 0 Å². The zero-order chi connectivity index (χ0) is 15.2. The first-order valence-corrected chi connectivity index (χ1v) is 8.06. The van der Waals surface area contributed by atoms with Gasteiger partial charge in [0.15, 0.2) is 0 Å². The molecule has 1 atom stereocenters. The van der Waals surface area contributed by atoms with Crippen LogP contribution in [0.15, 0.2) is 6.20 Å². The molecule has 6 nitrogen and oxygen atoms in total. The molecule has 0 aliphatic rings. The third-order valence-electron chi connectivity index (χ3n) is 3.24. The van der Waals surface area contributed by atoms with Crippen LogP contribution in [0.4, 0.5) is 0 Å². The Kier molecular flexibility index (Phi) is 6.10. The fourth-order valence-corrected chi connectivity index (χ4v) is 3.31. The highest BCUT2D eigenvalue weighted by atomic mass is 35.5. The van der Waals surface area contributed by atoms with E-state index in [-0.39, 0.29) is 6.04 Å². The lowest BCUT2D eigenvalue weighted by Gasteiger charge is -2.18. The number of aromatic nitrogens is 4. The summed E-state index contributed by atoms with van der Waals surface area (Å²) in [6.07, 6.45) is 3.62. The molecule has 0 saturated carbocycles. The molecular formula is C13H20ClN5OS. The van der Waals surface area contributed by atoms with Crippen LogP contribution >= 0.6 is 23.1 Å². The Balaban J connectivity index is 2.36. The van der Waals surface area contributed by atoms with E-state index >= 15 is 0 Å². The van der Waals surface area contributed by atoms with Crippen LogP contribution in [0.3, 0.4) is 0 Å². The number of hydrogen-bond donors (Lipinski definition) is 1. The normalized spacial score (nSPS) is 12.8. The van der Waals surface area contributed by atoms with Gasteiger partial charge >= 0.3 is 0 Å². The minimum atomic E-state index is -0.0570. The van der Waals surface area contributed by atoms with Crippen molar-refractivity contribution in [2.45, 2.75) is 32.4 Å². The van der Waals surface area contributed by atoms with Crippen molar-refractivity contribution in [3.8, 4) is 0 Å². The van der Waals surface area contributed by atoms with Crippen LogP contribution in [0.5, 0.6) is 0 Å². The summed E-state index contributed by atoms with van der Waals surface area (Å²) in [5, 5.41) is 12.5. The molecule has 0 spiro atoms. The summed E-state index contributed by atoms with van der Waals surface area (Å²) in [6.45, 7) is 3.38. The first-order chi connectivity index (χ1) is 10.2. The summed E-state index contributed by atoms with van der Waals surface area (Å²) in [5.41, 5.74) is 1.96. The molecule has 0 radical (unpaired) electrons. The molecule has 0 amide bonds. The molecule has 0 bridgehead atoms. The molecule has 0 saturated heterocycles. The molecular weight excluding hydrogens is 310 g/mol. The third kappa shape index (κ3) is 3.60. The number of hydrogen-bond acceptors (Lipinski definition) is 6. The van der Waals surface area contributed by atoms with Crippen molar-refractivity contribution in [3.63, 3.8) is 0 Å². The van der Waals surface area contributed by atoms with Crippen molar-refractivity contribution < 1.29 is 4.74 Å². The van der Waals surface area contributed by atoms with Gasteiger partial charge in [-0.3, -0.25) is 4.68 Å². The van der Waals surface area contributed by atoms with E-state index in [9.17, 15) is 0 Å². The zero-order valence-corrected chi connectivity index (χ0v) is 14.0. The minimum Gasteiger partial charge on any atom is -0.383 e. The second-order valence-corrected chi connectivity index (χ2v) is 5.84. The Labute approximate surface area is 133 Å². The van der Waals surface area contributed by atoms with Gasteiger partial charge in [-0.15, -0.1) is 5.10 Å². The maximum atomic E-state index is 6.34. The number of methoxy groups -OCH3 is 1. The average molecular weight is 330 g/mol. The van der Waals surface area contributed by atoms with E-state index in [1.807, 2.05) is 11.7 Å². The van der Waals surface area contributed by atoms with E-state index in [1.54, 1.807) is 13.3 Å². The van der Waals surface area contributed by atoms with Gasteiger partial charge in [0.05, 0.1) is 46.7 Å². The number of rotatable bonds is 8. The van der Waals surface area contributed by atoms with E-state index in [0.29, 0.717) is 18.2 Å². The second-order valence-electron chi connectivity index (χ2n) is 4.65. The Hall–Kier alpha value is -1.02. The Bertz CT molecular complexity index is 571. The molecule has 0 aliphatic heterocycles. The van der Waals surface area contributed by atoms with Gasteiger partial charge in [-0.05, 0) is 25.0 Å². The van der Waals surface area contributed by atoms with Crippen LogP contribution in [0.25, 0.3) is 0 Å². The molecule has 2 aromatic heterocycles. The SMILES string of the molecule is CCCc1nnsc1C(NC)c1c(Cl)cnn1CCOC. The average Bonchev–Trinajstić information content (AvgIpc) is 3.07. The van der Waals surface area contributed by atoms with Crippen LogP contribution in [-0.2, 0) is 17.7 Å². The van der Waals surface area contributed by atoms with Gasteiger partial charge in [-0.2, -0.15) is 5.10 Å². The fourth-order valence-electron chi connectivity index (χ4n) is 2.25. The van der Waals surface area contributed by atoms with Crippen molar-refractivity contribution in [2.24, 2.45) is 0 Å². The molecule has 0 aliphatic carbocycles. The molecule has 8 heteroatoms. The molecule has 2 rings (SSSR count). The molecule has 2 aromatic rings. The molecule has 116 valence electrons. The van der Waals surface area contributed by atoms with Crippen LogP contribution in [0.2, 0.25) is 5.02 Å². The number of aryl methyl sites for hydroxylation is 1. The van der Waals surface area contributed by atoms with Gasteiger partial charge in [-0.1, -0.05) is 29.4 Å². The summed E-state index contributed by atoms with van der Waals surface area (Å²) < 4.78 is 11.1. The number of nitrogens with one attached hydrogen (secondary N) is 1. The first kappa shape index (κ1) is 16.4. The van der Waals surface area contributed by atoms with Crippen molar-refractivity contribution in [2.75, 3.05) is 20.8 Å². The second kappa shape index (κ2) is 7.84. The summed E-state index contributed by atoms with van der Waals surface area (Å²) in [5.74, 6) is 0. The van der Waals surface area contributed by atoms with Gasteiger partial charge < -0.3 is 10.1 Å². The van der Waals surface area contributed by atoms with E-state index in [0.717, 1.165) is 29.1 Å². The van der Waals surface area contributed by atoms with Crippen molar-refractivity contribution >= 4 is 23.1 Å². The smallest absolute Gasteiger partial charge is 0.0890 e. The Morgan fingerprint density at radius 1 is 1.52 bits per heavy atom. The van der Waals surface area contributed by atoms with Crippen LogP contribution < -0.4 is 5.32 Å². The van der Waals surface area contributed by atoms with Gasteiger partial charge in [0, 0.05) is 7.11 Å². The highest BCUT2D eigenvalue weighted by molar-refractivity contribution is 7.05. The van der Waals surface area contributed by atoms with Gasteiger partial charge in [0.25, 0.3) is 0 Å². The first-order valence-electron chi connectivity index (χ1n) is 6.91. The molecule has 21 heavy (non-hydrogen) atoms. The summed E-state index contributed by atoms with van der Waals surface area (Å²) >= 11 is 7.75. The Morgan fingerprint density at radius 3 is 3.00 bits per heavy atom. The third-order valence-corrected chi connectivity index (χ3v) is 4.36. The molecule has 2 heterocycles. The van der Waals surface area contributed by atoms with Gasteiger partial charge in [0.1, 0.15) is 0 Å². The molecule has 0 aromatic carbocycles. The largest absolute Gasteiger partial charge is 0.383 e.